The van der Waals surface area contributed by atoms with Crippen molar-refractivity contribution in [2.75, 3.05) is 25.2 Å². The predicted octanol–water partition coefficient (Wildman–Crippen LogP) is 2.39. The minimum Gasteiger partial charge on any atom is -0.406 e. The Kier molecular flexibility index (Phi) is 5.49. The molecule has 10 heteroatoms. The number of methoxy groups -OCH3 is 1. The van der Waals surface area contributed by atoms with E-state index in [2.05, 4.69) is 9.46 Å². The second-order valence-corrected chi connectivity index (χ2v) is 7.91. The highest BCUT2D eigenvalue weighted by molar-refractivity contribution is 7.99. The van der Waals surface area contributed by atoms with Gasteiger partial charge in [0.05, 0.1) is 10.5 Å². The van der Waals surface area contributed by atoms with Crippen molar-refractivity contribution >= 4 is 21.8 Å². The molecule has 0 bridgehead atoms. The van der Waals surface area contributed by atoms with E-state index in [4.69, 9.17) is 4.74 Å². The fourth-order valence-electron chi connectivity index (χ4n) is 2.09. The van der Waals surface area contributed by atoms with Crippen LogP contribution in [0, 0.1) is 0 Å². The Morgan fingerprint density at radius 1 is 1.30 bits per heavy atom. The Bertz CT molecular complexity index is 626. The summed E-state index contributed by atoms with van der Waals surface area (Å²) in [7, 11) is -2.30. The molecule has 0 radical (unpaired) electrons. The van der Waals surface area contributed by atoms with Gasteiger partial charge in [0.2, 0.25) is 10.0 Å². The molecule has 1 aromatic carbocycles. The Morgan fingerprint density at radius 2 is 1.96 bits per heavy atom. The van der Waals surface area contributed by atoms with E-state index in [0.717, 1.165) is 36.4 Å². The molecule has 0 aliphatic carbocycles. The van der Waals surface area contributed by atoms with Gasteiger partial charge in [0, 0.05) is 19.4 Å². The monoisotopic (exact) mass is 371 g/mol. The summed E-state index contributed by atoms with van der Waals surface area (Å²) in [5.41, 5.74) is -0.545. The maximum absolute atomic E-state index is 12.2. The highest BCUT2D eigenvalue weighted by atomic mass is 32.2. The molecule has 1 fully saturated rings. The molecule has 23 heavy (non-hydrogen) atoms. The number of hydrogen-bond donors (Lipinski definition) is 1. The first-order valence-corrected chi connectivity index (χ1v) is 9.28. The molecule has 1 N–H and O–H groups in total. The second kappa shape index (κ2) is 6.88. The number of ether oxygens (including phenoxy) is 2. The summed E-state index contributed by atoms with van der Waals surface area (Å²) in [5.74, 6) is 1.10. The van der Waals surface area contributed by atoms with E-state index in [-0.39, 0.29) is 11.4 Å². The molecule has 1 aliphatic heterocycles. The Hall–Kier alpha value is -0.970. The zero-order valence-electron chi connectivity index (χ0n) is 12.2. The number of halogens is 3. The van der Waals surface area contributed by atoms with Gasteiger partial charge in [-0.2, -0.15) is 11.8 Å². The SMILES string of the molecule is COC1(CNS(=O)(=O)c2ccc(OC(F)(F)F)cc2)CCSC1. The van der Waals surface area contributed by atoms with Crippen molar-refractivity contribution in [1.29, 1.82) is 0 Å². The number of sulfonamides is 1. The highest BCUT2D eigenvalue weighted by Gasteiger charge is 2.36. The lowest BCUT2D eigenvalue weighted by molar-refractivity contribution is -0.274. The maximum atomic E-state index is 12.2. The Morgan fingerprint density at radius 3 is 2.43 bits per heavy atom. The van der Waals surface area contributed by atoms with Crippen molar-refractivity contribution < 1.29 is 31.1 Å². The van der Waals surface area contributed by atoms with Crippen molar-refractivity contribution in [3.05, 3.63) is 24.3 Å². The van der Waals surface area contributed by atoms with E-state index in [1.807, 2.05) is 0 Å². The standard InChI is InChI=1S/C13H16F3NO4S2/c1-20-12(6-7-22-9-12)8-17-23(18,19)11-4-2-10(3-5-11)21-13(14,15)16/h2-5,17H,6-9H2,1H3. The van der Waals surface area contributed by atoms with Gasteiger partial charge < -0.3 is 9.47 Å². The number of alkyl halides is 3. The molecule has 130 valence electrons. The lowest BCUT2D eigenvalue weighted by atomic mass is 10.0. The summed E-state index contributed by atoms with van der Waals surface area (Å²) in [4.78, 5) is -0.135. The van der Waals surface area contributed by atoms with E-state index < -0.39 is 27.7 Å². The molecule has 5 nitrogen and oxygen atoms in total. The molecule has 1 heterocycles. The molecule has 1 aromatic rings. The predicted molar refractivity (Wildman–Crippen MR) is 80.0 cm³/mol. The van der Waals surface area contributed by atoms with Gasteiger partial charge in [-0.3, -0.25) is 0 Å². The molecule has 1 aliphatic rings. The number of hydrogen-bond acceptors (Lipinski definition) is 5. The van der Waals surface area contributed by atoms with Gasteiger partial charge in [0.1, 0.15) is 5.75 Å². The van der Waals surface area contributed by atoms with Crippen LogP contribution >= 0.6 is 11.8 Å². The third-order valence-corrected chi connectivity index (χ3v) is 6.09. The summed E-state index contributed by atoms with van der Waals surface area (Å²) in [6.07, 6.45) is -4.08. The summed E-state index contributed by atoms with van der Waals surface area (Å²) in [6, 6.07) is 4.04. The second-order valence-electron chi connectivity index (χ2n) is 5.03. The average molecular weight is 371 g/mol. The van der Waals surface area contributed by atoms with Crippen molar-refractivity contribution in [2.24, 2.45) is 0 Å². The lowest BCUT2D eigenvalue weighted by Crippen LogP contribution is -2.44. The van der Waals surface area contributed by atoms with Gasteiger partial charge in [-0.15, -0.1) is 13.2 Å². The third-order valence-electron chi connectivity index (χ3n) is 3.45. The molecule has 0 aromatic heterocycles. The van der Waals surface area contributed by atoms with E-state index in [1.165, 1.54) is 7.11 Å². The van der Waals surface area contributed by atoms with Crippen LogP contribution in [0.3, 0.4) is 0 Å². The first kappa shape index (κ1) is 18.4. The van der Waals surface area contributed by atoms with E-state index in [1.54, 1.807) is 11.8 Å². The fraction of sp³-hybridized carbons (Fsp3) is 0.538. The molecule has 1 saturated heterocycles. The maximum Gasteiger partial charge on any atom is 0.573 e. The first-order chi connectivity index (χ1) is 10.7. The van der Waals surface area contributed by atoms with Crippen molar-refractivity contribution in [1.82, 2.24) is 4.72 Å². The number of benzene rings is 1. The molecule has 0 saturated carbocycles. The van der Waals surface area contributed by atoms with Crippen molar-refractivity contribution in [3.8, 4) is 5.75 Å². The number of nitrogens with one attached hydrogen (secondary N) is 1. The summed E-state index contributed by atoms with van der Waals surface area (Å²) < 4.78 is 72.2. The lowest BCUT2D eigenvalue weighted by Gasteiger charge is -2.26. The number of thioether (sulfide) groups is 1. The zero-order valence-corrected chi connectivity index (χ0v) is 13.9. The van der Waals surface area contributed by atoms with Gasteiger partial charge in [-0.25, -0.2) is 13.1 Å². The molecular formula is C13H16F3NO4S2. The minimum absolute atomic E-state index is 0.111. The normalized spacial score (nSPS) is 22.3. The zero-order chi connectivity index (χ0) is 17.1. The van der Waals surface area contributed by atoms with Crippen molar-refractivity contribution in [3.63, 3.8) is 0 Å². The van der Waals surface area contributed by atoms with Crippen LogP contribution in [0.25, 0.3) is 0 Å². The highest BCUT2D eigenvalue weighted by Crippen LogP contribution is 2.30. The minimum atomic E-state index is -4.82. The van der Waals surface area contributed by atoms with E-state index in [0.29, 0.717) is 5.75 Å². The Labute approximate surface area is 136 Å². The summed E-state index contributed by atoms with van der Waals surface area (Å²) in [6.45, 7) is 0.111. The Balaban J connectivity index is 2.04. The van der Waals surface area contributed by atoms with Gasteiger partial charge >= 0.3 is 6.36 Å². The fourth-order valence-corrected chi connectivity index (χ4v) is 4.60. The molecule has 0 amide bonds. The van der Waals surface area contributed by atoms with Crippen LogP contribution < -0.4 is 9.46 Å². The first-order valence-electron chi connectivity index (χ1n) is 6.64. The smallest absolute Gasteiger partial charge is 0.406 e. The summed E-state index contributed by atoms with van der Waals surface area (Å²) >= 11 is 1.68. The molecule has 1 unspecified atom stereocenters. The van der Waals surface area contributed by atoms with Crippen LogP contribution in [-0.2, 0) is 14.8 Å². The van der Waals surface area contributed by atoms with Crippen molar-refractivity contribution in [2.45, 2.75) is 23.3 Å². The van der Waals surface area contributed by atoms with Crippen LogP contribution in [0.15, 0.2) is 29.2 Å². The van der Waals surface area contributed by atoms with Crippen LogP contribution in [0.2, 0.25) is 0 Å². The molecule has 0 spiro atoms. The topological polar surface area (TPSA) is 64.6 Å². The van der Waals surface area contributed by atoms with Crippen LogP contribution in [-0.4, -0.2) is 45.5 Å². The van der Waals surface area contributed by atoms with E-state index >= 15 is 0 Å². The molecule has 2 rings (SSSR count). The van der Waals surface area contributed by atoms with Gasteiger partial charge in [-0.1, -0.05) is 0 Å². The molecular weight excluding hydrogens is 355 g/mol. The largest absolute Gasteiger partial charge is 0.573 e. The van der Waals surface area contributed by atoms with Gasteiger partial charge in [0.25, 0.3) is 0 Å². The van der Waals surface area contributed by atoms with E-state index in [9.17, 15) is 21.6 Å². The van der Waals surface area contributed by atoms with Crippen LogP contribution in [0.5, 0.6) is 5.75 Å². The quantitative estimate of drug-likeness (QED) is 0.832. The number of rotatable bonds is 6. The average Bonchev–Trinajstić information content (AvgIpc) is 2.94. The third kappa shape index (κ3) is 5.00. The van der Waals surface area contributed by atoms with Gasteiger partial charge in [0.15, 0.2) is 0 Å². The van der Waals surface area contributed by atoms with Crippen LogP contribution in [0.1, 0.15) is 6.42 Å². The molecule has 1 atom stereocenters. The summed E-state index contributed by atoms with van der Waals surface area (Å²) in [5, 5.41) is 0. The van der Waals surface area contributed by atoms with Crippen LogP contribution in [0.4, 0.5) is 13.2 Å². The van der Waals surface area contributed by atoms with Gasteiger partial charge in [-0.05, 0) is 36.4 Å².